The lowest BCUT2D eigenvalue weighted by Crippen LogP contribution is -2.13. The van der Waals surface area contributed by atoms with Gasteiger partial charge in [-0.2, -0.15) is 0 Å². The average Bonchev–Trinajstić information content (AvgIpc) is 2.59. The summed E-state index contributed by atoms with van der Waals surface area (Å²) in [5.74, 6) is 0.0691. The summed E-state index contributed by atoms with van der Waals surface area (Å²) >= 11 is 3.43. The van der Waals surface area contributed by atoms with Gasteiger partial charge in [-0.1, -0.05) is 28.1 Å². The summed E-state index contributed by atoms with van der Waals surface area (Å²) in [6.45, 7) is -0.193. The fraction of sp³-hybridized carbons (Fsp3) is 0.105. The van der Waals surface area contributed by atoms with Gasteiger partial charge < -0.3 is 9.47 Å². The molecule has 0 fully saturated rings. The highest BCUT2D eigenvalue weighted by Gasteiger charge is 2.14. The maximum absolute atomic E-state index is 13.4. The monoisotopic (exact) mass is 388 g/mol. The van der Waals surface area contributed by atoms with Crippen LogP contribution in [0.2, 0.25) is 0 Å². The molecule has 24 heavy (non-hydrogen) atoms. The first-order valence-corrected chi connectivity index (χ1v) is 8.05. The first-order chi connectivity index (χ1) is 11.6. The van der Waals surface area contributed by atoms with E-state index in [1.54, 1.807) is 6.07 Å². The van der Waals surface area contributed by atoms with E-state index in [0.717, 1.165) is 21.3 Å². The minimum absolute atomic E-state index is 0.169. The van der Waals surface area contributed by atoms with Crippen molar-refractivity contribution < 1.29 is 18.7 Å². The third-order valence-electron chi connectivity index (χ3n) is 3.61. The molecule has 0 aromatic heterocycles. The number of Topliss-reactive ketones (excluding diaryl/α,β-unsaturated/α-hetero) is 1. The third-order valence-corrected chi connectivity index (χ3v) is 4.10. The Hall–Kier alpha value is -2.40. The lowest BCUT2D eigenvalue weighted by molar-refractivity contribution is 0.0918. The van der Waals surface area contributed by atoms with Crippen LogP contribution in [0, 0.1) is 5.82 Å². The molecule has 0 spiro atoms. The summed E-state index contributed by atoms with van der Waals surface area (Å²) in [5.41, 5.74) is 0.169. The molecule has 5 heteroatoms. The molecular weight excluding hydrogens is 375 g/mol. The Labute approximate surface area is 147 Å². The van der Waals surface area contributed by atoms with E-state index in [2.05, 4.69) is 15.9 Å². The second-order valence-electron chi connectivity index (χ2n) is 5.21. The van der Waals surface area contributed by atoms with Gasteiger partial charge in [-0.3, -0.25) is 4.79 Å². The van der Waals surface area contributed by atoms with Gasteiger partial charge in [0.15, 0.2) is 6.61 Å². The Morgan fingerprint density at radius 1 is 1.04 bits per heavy atom. The van der Waals surface area contributed by atoms with Crippen molar-refractivity contribution in [3.63, 3.8) is 0 Å². The topological polar surface area (TPSA) is 35.5 Å². The number of benzene rings is 3. The number of hydrogen-bond donors (Lipinski definition) is 0. The number of methoxy groups -OCH3 is 1. The SMILES string of the molecule is COc1ccc(F)cc1C(=O)COc1ccc2cc(Br)ccc2c1. The number of carbonyl (C=O) groups excluding carboxylic acids is 1. The molecule has 3 aromatic rings. The van der Waals surface area contributed by atoms with Crippen molar-refractivity contribution in [3.8, 4) is 11.5 Å². The van der Waals surface area contributed by atoms with Crippen molar-refractivity contribution in [1.29, 1.82) is 0 Å². The molecule has 0 radical (unpaired) electrons. The van der Waals surface area contributed by atoms with Crippen LogP contribution in [-0.2, 0) is 0 Å². The maximum Gasteiger partial charge on any atom is 0.204 e. The molecule has 122 valence electrons. The Morgan fingerprint density at radius 2 is 1.79 bits per heavy atom. The first kappa shape index (κ1) is 16.5. The molecule has 0 unspecified atom stereocenters. The first-order valence-electron chi connectivity index (χ1n) is 7.25. The van der Waals surface area contributed by atoms with Crippen LogP contribution < -0.4 is 9.47 Å². The van der Waals surface area contributed by atoms with E-state index < -0.39 is 5.82 Å². The van der Waals surface area contributed by atoms with Gasteiger partial charge in [-0.05, 0) is 53.2 Å². The Morgan fingerprint density at radius 3 is 2.58 bits per heavy atom. The molecule has 3 nitrogen and oxygen atoms in total. The van der Waals surface area contributed by atoms with E-state index in [-0.39, 0.29) is 18.0 Å². The lowest BCUT2D eigenvalue weighted by atomic mass is 10.1. The minimum atomic E-state index is -0.490. The van der Waals surface area contributed by atoms with Crippen LogP contribution in [0.1, 0.15) is 10.4 Å². The average molecular weight is 389 g/mol. The zero-order valence-corrected chi connectivity index (χ0v) is 14.5. The van der Waals surface area contributed by atoms with Crippen molar-refractivity contribution in [2.75, 3.05) is 13.7 Å². The number of ether oxygens (including phenoxy) is 2. The third kappa shape index (κ3) is 3.57. The van der Waals surface area contributed by atoms with Crippen LogP contribution in [-0.4, -0.2) is 19.5 Å². The predicted octanol–water partition coefficient (Wildman–Crippen LogP) is 5.01. The lowest BCUT2D eigenvalue weighted by Gasteiger charge is -2.10. The quantitative estimate of drug-likeness (QED) is 0.576. The summed E-state index contributed by atoms with van der Waals surface area (Å²) in [4.78, 5) is 12.3. The molecule has 0 amide bonds. The van der Waals surface area contributed by atoms with Crippen molar-refractivity contribution in [2.24, 2.45) is 0 Å². The zero-order valence-electron chi connectivity index (χ0n) is 12.9. The normalized spacial score (nSPS) is 10.6. The fourth-order valence-electron chi connectivity index (χ4n) is 2.41. The second kappa shape index (κ2) is 7.01. The molecule has 0 aliphatic rings. The zero-order chi connectivity index (χ0) is 17.1. The van der Waals surface area contributed by atoms with Gasteiger partial charge in [0.2, 0.25) is 5.78 Å². The van der Waals surface area contributed by atoms with Gasteiger partial charge in [0.25, 0.3) is 0 Å². The van der Waals surface area contributed by atoms with Crippen LogP contribution in [0.3, 0.4) is 0 Å². The van der Waals surface area contributed by atoms with E-state index in [1.165, 1.54) is 19.2 Å². The van der Waals surface area contributed by atoms with Gasteiger partial charge in [0.05, 0.1) is 12.7 Å². The minimum Gasteiger partial charge on any atom is -0.496 e. The Bertz CT molecular complexity index is 908. The standard InChI is InChI=1S/C19H14BrFO3/c1-23-19-7-5-15(21)10-17(19)18(22)11-24-16-6-3-12-8-14(20)4-2-13(12)9-16/h2-10H,11H2,1H3. The Balaban J connectivity index is 1.77. The number of ketones is 1. The molecule has 0 saturated heterocycles. The molecular formula is C19H14BrFO3. The van der Waals surface area contributed by atoms with Crippen LogP contribution in [0.15, 0.2) is 59.1 Å². The van der Waals surface area contributed by atoms with Crippen LogP contribution in [0.4, 0.5) is 4.39 Å². The summed E-state index contributed by atoms with van der Waals surface area (Å²) < 4.78 is 25.0. The molecule has 0 heterocycles. The Kier molecular flexibility index (Phi) is 4.81. The van der Waals surface area contributed by atoms with Gasteiger partial charge in [0, 0.05) is 4.47 Å². The summed E-state index contributed by atoms with van der Waals surface area (Å²) in [6.07, 6.45) is 0. The molecule has 3 aromatic carbocycles. The second-order valence-corrected chi connectivity index (χ2v) is 6.13. The van der Waals surface area contributed by atoms with E-state index in [9.17, 15) is 9.18 Å². The van der Waals surface area contributed by atoms with Crippen molar-refractivity contribution >= 4 is 32.5 Å². The van der Waals surface area contributed by atoms with Gasteiger partial charge >= 0.3 is 0 Å². The molecule has 0 saturated carbocycles. The van der Waals surface area contributed by atoms with Gasteiger partial charge in [-0.15, -0.1) is 0 Å². The van der Waals surface area contributed by atoms with Gasteiger partial charge in [0.1, 0.15) is 17.3 Å². The molecule has 0 N–H and O–H groups in total. The smallest absolute Gasteiger partial charge is 0.204 e. The number of hydrogen-bond acceptors (Lipinski definition) is 3. The highest BCUT2D eigenvalue weighted by molar-refractivity contribution is 9.10. The van der Waals surface area contributed by atoms with Crippen LogP contribution >= 0.6 is 15.9 Å². The van der Waals surface area contributed by atoms with E-state index in [4.69, 9.17) is 9.47 Å². The summed E-state index contributed by atoms with van der Waals surface area (Å²) in [5, 5.41) is 2.07. The van der Waals surface area contributed by atoms with Crippen molar-refractivity contribution in [1.82, 2.24) is 0 Å². The van der Waals surface area contributed by atoms with E-state index in [0.29, 0.717) is 11.5 Å². The highest BCUT2D eigenvalue weighted by atomic mass is 79.9. The fourth-order valence-corrected chi connectivity index (χ4v) is 2.79. The molecule has 0 aliphatic heterocycles. The number of carbonyl (C=O) groups is 1. The maximum atomic E-state index is 13.4. The van der Waals surface area contributed by atoms with E-state index in [1.807, 2.05) is 30.3 Å². The number of rotatable bonds is 5. The van der Waals surface area contributed by atoms with E-state index >= 15 is 0 Å². The predicted molar refractivity (Wildman–Crippen MR) is 94.4 cm³/mol. The van der Waals surface area contributed by atoms with Crippen LogP contribution in [0.5, 0.6) is 11.5 Å². The number of fused-ring (bicyclic) bond motifs is 1. The molecule has 0 bridgehead atoms. The van der Waals surface area contributed by atoms with Gasteiger partial charge in [-0.25, -0.2) is 4.39 Å². The number of halogens is 2. The summed E-state index contributed by atoms with van der Waals surface area (Å²) in [6, 6.07) is 15.3. The molecule has 3 rings (SSSR count). The summed E-state index contributed by atoms with van der Waals surface area (Å²) in [7, 11) is 1.44. The van der Waals surface area contributed by atoms with Crippen LogP contribution in [0.25, 0.3) is 10.8 Å². The van der Waals surface area contributed by atoms with Crippen molar-refractivity contribution in [3.05, 3.63) is 70.5 Å². The molecule has 0 aliphatic carbocycles. The molecule has 0 atom stereocenters. The van der Waals surface area contributed by atoms with Crippen molar-refractivity contribution in [2.45, 2.75) is 0 Å². The largest absolute Gasteiger partial charge is 0.496 e. The highest BCUT2D eigenvalue weighted by Crippen LogP contribution is 2.25.